The molecule has 1 N–H and O–H groups in total. The molecule has 0 radical (unpaired) electrons. The van der Waals surface area contributed by atoms with Crippen LogP contribution in [0.1, 0.15) is 17.4 Å². The van der Waals surface area contributed by atoms with E-state index >= 15 is 0 Å². The van der Waals surface area contributed by atoms with E-state index in [0.717, 1.165) is 16.7 Å². The highest BCUT2D eigenvalue weighted by Crippen LogP contribution is 2.19. The fourth-order valence-electron chi connectivity index (χ4n) is 1.64. The number of para-hydroxylation sites is 1. The first-order chi connectivity index (χ1) is 8.36. The molecule has 0 aliphatic heterocycles. The molecule has 6 heteroatoms. The average molecular weight is 231 g/mol. The second-order valence-corrected chi connectivity index (χ2v) is 3.56. The predicted molar refractivity (Wildman–Crippen MR) is 57.0 cm³/mol. The van der Waals surface area contributed by atoms with Crippen LogP contribution in [0.5, 0.6) is 0 Å². The van der Waals surface area contributed by atoms with E-state index in [1.54, 1.807) is 0 Å². The zero-order chi connectivity index (χ0) is 11.7. The molecule has 0 spiro atoms. The molecular weight excluding hydrogens is 222 g/mol. The number of fused-ring (bicyclic) bond motifs is 1. The smallest absolute Gasteiger partial charge is 0.232 e. The van der Waals surface area contributed by atoms with Crippen LogP contribution in [0.25, 0.3) is 11.0 Å². The number of rotatable bonds is 3. The minimum absolute atomic E-state index is 0.233. The van der Waals surface area contributed by atoms with Crippen LogP contribution in [0.4, 0.5) is 0 Å². The van der Waals surface area contributed by atoms with Crippen LogP contribution in [0.15, 0.2) is 33.3 Å². The second-order valence-electron chi connectivity index (χ2n) is 3.56. The van der Waals surface area contributed by atoms with Gasteiger partial charge in [-0.25, -0.2) is 0 Å². The van der Waals surface area contributed by atoms with Gasteiger partial charge in [0.1, 0.15) is 12.3 Å². The molecule has 17 heavy (non-hydrogen) atoms. The standard InChI is InChI=1S/C11H9N3O3/c15-6-10-12-11(17-14-10)5-8-7-3-1-2-4-9(7)16-13-8/h1-4,15H,5-6H2. The fraction of sp³-hybridized carbons (Fsp3) is 0.182. The first-order valence-electron chi connectivity index (χ1n) is 5.12. The molecular formula is C11H9N3O3. The quantitative estimate of drug-likeness (QED) is 0.731. The van der Waals surface area contributed by atoms with E-state index in [9.17, 15) is 0 Å². The Morgan fingerprint density at radius 3 is 2.82 bits per heavy atom. The summed E-state index contributed by atoms with van der Waals surface area (Å²) in [6.07, 6.45) is 0.393. The van der Waals surface area contributed by atoms with Crippen molar-refractivity contribution in [3.8, 4) is 0 Å². The summed E-state index contributed by atoms with van der Waals surface area (Å²) in [5.41, 5.74) is 1.47. The van der Waals surface area contributed by atoms with Crippen molar-refractivity contribution in [3.05, 3.63) is 41.7 Å². The number of nitrogens with zero attached hydrogens (tertiary/aromatic N) is 3. The minimum atomic E-state index is -0.233. The molecule has 6 nitrogen and oxygen atoms in total. The molecule has 0 bridgehead atoms. The molecule has 2 aromatic heterocycles. The van der Waals surface area contributed by atoms with Gasteiger partial charge in [-0.15, -0.1) is 0 Å². The summed E-state index contributed by atoms with van der Waals surface area (Å²) in [6, 6.07) is 7.56. The first-order valence-corrected chi connectivity index (χ1v) is 5.12. The molecule has 3 aromatic rings. The largest absolute Gasteiger partial charge is 0.388 e. The van der Waals surface area contributed by atoms with Gasteiger partial charge in [-0.1, -0.05) is 22.4 Å². The lowest BCUT2D eigenvalue weighted by Gasteiger charge is -1.89. The maximum absolute atomic E-state index is 8.83. The zero-order valence-corrected chi connectivity index (χ0v) is 8.83. The van der Waals surface area contributed by atoms with Gasteiger partial charge in [0.2, 0.25) is 5.89 Å². The summed E-state index contributed by atoms with van der Waals surface area (Å²) in [5.74, 6) is 0.681. The molecule has 3 rings (SSSR count). The van der Waals surface area contributed by atoms with Gasteiger partial charge in [0.25, 0.3) is 0 Å². The summed E-state index contributed by atoms with van der Waals surface area (Å²) in [7, 11) is 0. The van der Waals surface area contributed by atoms with E-state index in [4.69, 9.17) is 14.2 Å². The summed E-state index contributed by atoms with van der Waals surface area (Å²) in [4.78, 5) is 4.00. The Morgan fingerprint density at radius 1 is 1.12 bits per heavy atom. The van der Waals surface area contributed by atoms with Crippen molar-refractivity contribution in [3.63, 3.8) is 0 Å². The number of hydrogen-bond acceptors (Lipinski definition) is 6. The topological polar surface area (TPSA) is 85.2 Å². The van der Waals surface area contributed by atoms with Gasteiger partial charge in [0.15, 0.2) is 11.4 Å². The van der Waals surface area contributed by atoms with E-state index < -0.39 is 0 Å². The Kier molecular flexibility index (Phi) is 2.34. The van der Waals surface area contributed by atoms with E-state index in [1.807, 2.05) is 24.3 Å². The zero-order valence-electron chi connectivity index (χ0n) is 8.83. The highest BCUT2D eigenvalue weighted by molar-refractivity contribution is 5.79. The lowest BCUT2D eigenvalue weighted by atomic mass is 10.2. The summed E-state index contributed by atoms with van der Waals surface area (Å²) < 4.78 is 10.1. The van der Waals surface area contributed by atoms with Crippen molar-refractivity contribution in [2.45, 2.75) is 13.0 Å². The molecule has 0 unspecified atom stereocenters. The van der Waals surface area contributed by atoms with Crippen molar-refractivity contribution < 1.29 is 14.2 Å². The van der Waals surface area contributed by atoms with Gasteiger partial charge in [0.05, 0.1) is 6.42 Å². The van der Waals surface area contributed by atoms with E-state index in [2.05, 4.69) is 15.3 Å². The Labute approximate surface area is 95.8 Å². The van der Waals surface area contributed by atoms with E-state index in [-0.39, 0.29) is 12.4 Å². The number of hydrogen-bond donors (Lipinski definition) is 1. The van der Waals surface area contributed by atoms with E-state index in [0.29, 0.717) is 12.3 Å². The summed E-state index contributed by atoms with van der Waals surface area (Å²) in [5, 5.41) is 17.3. The molecule has 0 aliphatic rings. The van der Waals surface area contributed by atoms with Crippen LogP contribution in [0.3, 0.4) is 0 Å². The molecule has 0 aliphatic carbocycles. The SMILES string of the molecule is OCc1noc(Cc2noc3ccccc23)n1. The normalized spacial score (nSPS) is 11.1. The maximum Gasteiger partial charge on any atom is 0.232 e. The molecule has 2 heterocycles. The van der Waals surface area contributed by atoms with Crippen molar-refractivity contribution in [2.75, 3.05) is 0 Å². The Morgan fingerprint density at radius 2 is 2.00 bits per heavy atom. The van der Waals surface area contributed by atoms with Crippen LogP contribution in [-0.4, -0.2) is 20.4 Å². The van der Waals surface area contributed by atoms with Crippen LogP contribution < -0.4 is 0 Å². The van der Waals surface area contributed by atoms with Gasteiger partial charge >= 0.3 is 0 Å². The van der Waals surface area contributed by atoms with Crippen molar-refractivity contribution in [1.82, 2.24) is 15.3 Å². The van der Waals surface area contributed by atoms with Crippen LogP contribution in [0.2, 0.25) is 0 Å². The van der Waals surface area contributed by atoms with Gasteiger partial charge in [0, 0.05) is 5.39 Å². The minimum Gasteiger partial charge on any atom is -0.388 e. The Hall–Kier alpha value is -2.21. The summed E-state index contributed by atoms with van der Waals surface area (Å²) in [6.45, 7) is -0.233. The number of aliphatic hydroxyl groups excluding tert-OH is 1. The molecule has 86 valence electrons. The molecule has 0 atom stereocenters. The number of benzene rings is 1. The van der Waals surface area contributed by atoms with Gasteiger partial charge in [-0.05, 0) is 12.1 Å². The predicted octanol–water partition coefficient (Wildman–Crippen LogP) is 1.29. The molecule has 1 aromatic carbocycles. The van der Waals surface area contributed by atoms with Gasteiger partial charge in [-0.3, -0.25) is 0 Å². The van der Waals surface area contributed by atoms with Crippen LogP contribution in [0, 0.1) is 0 Å². The molecule has 0 fully saturated rings. The third kappa shape index (κ3) is 1.78. The lowest BCUT2D eigenvalue weighted by Crippen LogP contribution is -1.90. The highest BCUT2D eigenvalue weighted by atomic mass is 16.5. The monoisotopic (exact) mass is 231 g/mol. The second kappa shape index (κ2) is 3.99. The van der Waals surface area contributed by atoms with Crippen molar-refractivity contribution in [1.29, 1.82) is 0 Å². The average Bonchev–Trinajstić information content (AvgIpc) is 2.97. The first kappa shape index (κ1) is 9.98. The van der Waals surface area contributed by atoms with Crippen LogP contribution >= 0.6 is 0 Å². The Balaban J connectivity index is 1.94. The maximum atomic E-state index is 8.83. The lowest BCUT2D eigenvalue weighted by molar-refractivity contribution is 0.263. The molecule has 0 amide bonds. The summed E-state index contributed by atoms with van der Waals surface area (Å²) >= 11 is 0. The molecule has 0 saturated carbocycles. The number of aromatic nitrogens is 3. The van der Waals surface area contributed by atoms with Crippen molar-refractivity contribution in [2.24, 2.45) is 0 Å². The third-order valence-corrected chi connectivity index (χ3v) is 2.42. The molecule has 0 saturated heterocycles. The van der Waals surface area contributed by atoms with Gasteiger partial charge < -0.3 is 14.2 Å². The van der Waals surface area contributed by atoms with Crippen LogP contribution in [-0.2, 0) is 13.0 Å². The third-order valence-electron chi connectivity index (χ3n) is 2.42. The number of aliphatic hydroxyl groups is 1. The highest BCUT2D eigenvalue weighted by Gasteiger charge is 2.12. The van der Waals surface area contributed by atoms with E-state index in [1.165, 1.54) is 0 Å². The van der Waals surface area contributed by atoms with Gasteiger partial charge in [-0.2, -0.15) is 4.98 Å². The van der Waals surface area contributed by atoms with Crippen molar-refractivity contribution >= 4 is 11.0 Å². The fourth-order valence-corrected chi connectivity index (χ4v) is 1.64. The Bertz CT molecular complexity index is 644.